The molecule has 0 N–H and O–H groups in total. The molecule has 0 fully saturated rings. The normalized spacial score (nSPS) is 13.3. The molecule has 0 aliphatic heterocycles. The van der Waals surface area contributed by atoms with Gasteiger partial charge < -0.3 is 13.9 Å². The number of hydrogen-bond donors (Lipinski definition) is 0. The molecule has 0 saturated carbocycles. The molecule has 1 aromatic rings. The van der Waals surface area contributed by atoms with Crippen LogP contribution in [0.4, 0.5) is 0 Å². The van der Waals surface area contributed by atoms with Crippen LogP contribution in [0.5, 0.6) is 5.75 Å². The molecule has 0 radical (unpaired) electrons. The Morgan fingerprint density at radius 1 is 1.13 bits per heavy atom. The Kier molecular flexibility index (Phi) is 6.19. The zero-order valence-corrected chi connectivity index (χ0v) is 16.2. The highest BCUT2D eigenvalue weighted by atomic mass is 28.4. The number of esters is 1. The van der Waals surface area contributed by atoms with Crippen LogP contribution < -0.4 is 4.74 Å². The second kappa shape index (κ2) is 7.32. The molecule has 23 heavy (non-hydrogen) atoms. The molecule has 1 unspecified atom stereocenters. The Morgan fingerprint density at radius 2 is 1.65 bits per heavy atom. The number of carbonyl (C=O) groups is 1. The molecular weight excluding hydrogens is 308 g/mol. The van der Waals surface area contributed by atoms with E-state index < -0.39 is 20.4 Å². The van der Waals surface area contributed by atoms with Crippen molar-refractivity contribution in [1.82, 2.24) is 0 Å². The minimum Gasteiger partial charge on any atom is -0.497 e. The zero-order valence-electron chi connectivity index (χ0n) is 15.2. The number of methoxy groups -OCH3 is 2. The molecule has 1 aromatic carbocycles. The van der Waals surface area contributed by atoms with Crippen LogP contribution >= 0.6 is 0 Å². The van der Waals surface area contributed by atoms with Gasteiger partial charge in [-0.2, -0.15) is 0 Å². The van der Waals surface area contributed by atoms with Gasteiger partial charge in [0.1, 0.15) is 11.9 Å². The Bertz CT molecular complexity index is 555. The summed E-state index contributed by atoms with van der Waals surface area (Å²) in [4.78, 5) is 12.0. The van der Waals surface area contributed by atoms with E-state index >= 15 is 0 Å². The lowest BCUT2D eigenvalue weighted by molar-refractivity contribution is -0.137. The highest BCUT2D eigenvalue weighted by Crippen LogP contribution is 2.41. The van der Waals surface area contributed by atoms with Gasteiger partial charge in [-0.3, -0.25) is 0 Å². The largest absolute Gasteiger partial charge is 0.497 e. The molecule has 0 aliphatic carbocycles. The summed E-state index contributed by atoms with van der Waals surface area (Å²) in [7, 11) is 0.875. The van der Waals surface area contributed by atoms with Gasteiger partial charge in [-0.15, -0.1) is 0 Å². The van der Waals surface area contributed by atoms with Gasteiger partial charge in [0, 0.05) is 0 Å². The molecule has 0 aromatic heterocycles. The fourth-order valence-corrected chi connectivity index (χ4v) is 3.05. The third-order valence-electron chi connectivity index (χ3n) is 4.40. The molecule has 0 spiro atoms. The molecule has 0 bridgehead atoms. The Balaban J connectivity index is 3.21. The van der Waals surface area contributed by atoms with Crippen molar-refractivity contribution in [1.29, 1.82) is 0 Å². The fraction of sp³-hybridized carbons (Fsp3) is 0.500. The number of hydrogen-bond acceptors (Lipinski definition) is 4. The van der Waals surface area contributed by atoms with Gasteiger partial charge in [-0.1, -0.05) is 39.5 Å². The van der Waals surface area contributed by atoms with Gasteiger partial charge in [0.2, 0.25) is 0 Å². The van der Waals surface area contributed by atoms with E-state index in [2.05, 4.69) is 40.4 Å². The van der Waals surface area contributed by atoms with E-state index in [4.69, 9.17) is 13.9 Å². The topological polar surface area (TPSA) is 44.8 Å². The van der Waals surface area contributed by atoms with E-state index in [0.29, 0.717) is 5.57 Å². The first-order valence-electron chi connectivity index (χ1n) is 7.62. The predicted molar refractivity (Wildman–Crippen MR) is 95.2 cm³/mol. The van der Waals surface area contributed by atoms with Crippen molar-refractivity contribution in [2.45, 2.75) is 45.0 Å². The van der Waals surface area contributed by atoms with Crippen molar-refractivity contribution in [3.8, 4) is 5.75 Å². The SMILES string of the molecule is C=C(C(=O)OC)C(O[Si](C)(C)C(C)(C)C)c1ccc(OC)cc1. The highest BCUT2D eigenvalue weighted by Gasteiger charge is 2.40. The van der Waals surface area contributed by atoms with E-state index in [1.54, 1.807) is 7.11 Å². The van der Waals surface area contributed by atoms with Crippen molar-refractivity contribution in [3.05, 3.63) is 42.0 Å². The van der Waals surface area contributed by atoms with Crippen LogP contribution in [0.25, 0.3) is 0 Å². The molecule has 0 aliphatic rings. The Hall–Kier alpha value is -1.59. The number of benzene rings is 1. The van der Waals surface area contributed by atoms with Gasteiger partial charge in [-0.05, 0) is 35.8 Å². The summed E-state index contributed by atoms with van der Waals surface area (Å²) in [5, 5.41) is 0.0219. The van der Waals surface area contributed by atoms with Crippen molar-refractivity contribution >= 4 is 14.3 Å². The lowest BCUT2D eigenvalue weighted by atomic mass is 10.0. The number of ether oxygens (including phenoxy) is 2. The second-order valence-corrected chi connectivity index (χ2v) is 11.8. The summed E-state index contributed by atoms with van der Waals surface area (Å²) in [6.45, 7) is 14.7. The van der Waals surface area contributed by atoms with Crippen molar-refractivity contribution in [3.63, 3.8) is 0 Å². The van der Waals surface area contributed by atoms with Crippen LogP contribution in [0.1, 0.15) is 32.4 Å². The van der Waals surface area contributed by atoms with Gasteiger partial charge in [0.25, 0.3) is 0 Å². The van der Waals surface area contributed by atoms with Gasteiger partial charge >= 0.3 is 5.97 Å². The summed E-state index contributed by atoms with van der Waals surface area (Å²) in [5.41, 5.74) is 1.17. The van der Waals surface area contributed by atoms with E-state index in [-0.39, 0.29) is 5.04 Å². The molecular formula is C18H28O4Si. The second-order valence-electron chi connectivity index (χ2n) is 7.05. The average molecular weight is 337 g/mol. The summed E-state index contributed by atoms with van der Waals surface area (Å²) in [6.07, 6.45) is -0.519. The van der Waals surface area contributed by atoms with Gasteiger partial charge in [-0.25, -0.2) is 4.79 Å². The van der Waals surface area contributed by atoms with E-state index in [1.807, 2.05) is 24.3 Å². The molecule has 5 heteroatoms. The predicted octanol–water partition coefficient (Wildman–Crippen LogP) is 4.49. The molecule has 0 heterocycles. The smallest absolute Gasteiger partial charge is 0.336 e. The first kappa shape index (κ1) is 19.5. The maximum Gasteiger partial charge on any atom is 0.336 e. The highest BCUT2D eigenvalue weighted by molar-refractivity contribution is 6.74. The molecule has 1 rings (SSSR count). The summed E-state index contributed by atoms with van der Waals surface area (Å²) in [6, 6.07) is 7.49. The average Bonchev–Trinajstić information content (AvgIpc) is 2.50. The lowest BCUT2D eigenvalue weighted by Gasteiger charge is -2.39. The monoisotopic (exact) mass is 336 g/mol. The molecule has 4 nitrogen and oxygen atoms in total. The first-order valence-corrected chi connectivity index (χ1v) is 10.5. The molecule has 1 atom stereocenters. The Labute approximate surface area is 140 Å². The van der Waals surface area contributed by atoms with Crippen molar-refractivity contribution < 1.29 is 18.7 Å². The maximum atomic E-state index is 12.0. The van der Waals surface area contributed by atoms with Gasteiger partial charge in [0.15, 0.2) is 8.32 Å². The molecule has 128 valence electrons. The van der Waals surface area contributed by atoms with Crippen molar-refractivity contribution in [2.75, 3.05) is 14.2 Å². The maximum absolute atomic E-state index is 12.0. The summed E-state index contributed by atoms with van der Waals surface area (Å²) >= 11 is 0. The van der Waals surface area contributed by atoms with Crippen LogP contribution in [0.15, 0.2) is 36.4 Å². The quantitative estimate of drug-likeness (QED) is 0.436. The third-order valence-corrected chi connectivity index (χ3v) is 8.84. The summed E-state index contributed by atoms with van der Waals surface area (Å²) in [5.74, 6) is 0.299. The first-order chi connectivity index (χ1) is 10.5. The van der Waals surface area contributed by atoms with Crippen LogP contribution in [-0.2, 0) is 14.0 Å². The van der Waals surface area contributed by atoms with Crippen LogP contribution in [0, 0.1) is 0 Å². The van der Waals surface area contributed by atoms with Crippen molar-refractivity contribution in [2.24, 2.45) is 0 Å². The van der Waals surface area contributed by atoms with E-state index in [1.165, 1.54) is 7.11 Å². The van der Waals surface area contributed by atoms with Gasteiger partial charge in [0.05, 0.1) is 19.8 Å². The Morgan fingerprint density at radius 3 is 2.04 bits per heavy atom. The van der Waals surface area contributed by atoms with E-state index in [0.717, 1.165) is 11.3 Å². The third kappa shape index (κ3) is 4.69. The molecule has 0 saturated heterocycles. The summed E-state index contributed by atoms with van der Waals surface area (Å²) < 4.78 is 16.5. The zero-order chi connectivity index (χ0) is 17.8. The van der Waals surface area contributed by atoms with Crippen LogP contribution in [-0.4, -0.2) is 28.5 Å². The number of carbonyl (C=O) groups excluding carboxylic acids is 1. The van der Waals surface area contributed by atoms with E-state index in [9.17, 15) is 4.79 Å². The standard InChI is InChI=1S/C18H28O4Si/c1-13(17(19)21-6)16(22-23(7,8)18(2,3)4)14-9-11-15(20-5)12-10-14/h9-12,16H,1H2,2-8H3. The molecule has 0 amide bonds. The minimum atomic E-state index is -2.09. The fourth-order valence-electron chi connectivity index (χ4n) is 1.83. The minimum absolute atomic E-state index is 0.0219. The van der Waals surface area contributed by atoms with Crippen LogP contribution in [0.2, 0.25) is 18.1 Å². The number of rotatable bonds is 6. The lowest BCUT2D eigenvalue weighted by Crippen LogP contribution is -2.42. The van der Waals surface area contributed by atoms with Crippen LogP contribution in [0.3, 0.4) is 0 Å².